The third-order valence-corrected chi connectivity index (χ3v) is 9.40. The van der Waals surface area contributed by atoms with Crippen LogP contribution in [0.15, 0.2) is 76.8 Å². The van der Waals surface area contributed by atoms with Gasteiger partial charge in [0.05, 0.1) is 24.4 Å². The lowest BCUT2D eigenvalue weighted by atomic mass is 9.96. The maximum absolute atomic E-state index is 13.6. The lowest BCUT2D eigenvalue weighted by Gasteiger charge is -2.22. The molecule has 2 aromatic carbocycles. The summed E-state index contributed by atoms with van der Waals surface area (Å²) in [7, 11) is 1.56. The highest BCUT2D eigenvalue weighted by Crippen LogP contribution is 2.44. The molecule has 4 heterocycles. The Morgan fingerprint density at radius 3 is 2.45 bits per heavy atom. The number of aryl methyl sites for hydroxylation is 3. The Morgan fingerprint density at radius 1 is 1.02 bits per heavy atom. The normalized spacial score (nSPS) is 16.5. The minimum Gasteiger partial charge on any atom is -0.505 e. The smallest absolute Gasteiger partial charge is 0.301 e. The monoisotopic (exact) mass is 597 g/mol. The van der Waals surface area contributed by atoms with Gasteiger partial charge < -0.3 is 14.2 Å². The first-order chi connectivity index (χ1) is 20.3. The standard InChI is InChI=1S/C31H27N5O4S2/c1-17-7-9-20(10-8-17)16-41-31-34-33-30(42-31)36-25(21-11-13-22(40-4)14-12-21)23(27(38)29(36)39)26(37)24-19(3)35-15-5-6-18(2)28(35)32-24/h5-15,25,37H,16H2,1-4H3. The van der Waals surface area contributed by atoms with E-state index in [1.165, 1.54) is 33.6 Å². The van der Waals surface area contributed by atoms with Crippen LogP contribution in [0.5, 0.6) is 5.75 Å². The van der Waals surface area contributed by atoms with E-state index >= 15 is 0 Å². The number of anilines is 1. The molecule has 6 rings (SSSR count). The van der Waals surface area contributed by atoms with Gasteiger partial charge in [0, 0.05) is 11.9 Å². The number of pyridine rings is 1. The van der Waals surface area contributed by atoms with E-state index in [2.05, 4.69) is 39.4 Å². The van der Waals surface area contributed by atoms with Gasteiger partial charge in [-0.2, -0.15) is 0 Å². The summed E-state index contributed by atoms with van der Waals surface area (Å²) in [6.07, 6.45) is 1.85. The fourth-order valence-corrected chi connectivity index (χ4v) is 6.82. The number of methoxy groups -OCH3 is 1. The zero-order valence-electron chi connectivity index (χ0n) is 23.4. The number of carbonyl (C=O) groups is 2. The highest BCUT2D eigenvalue weighted by atomic mass is 32.2. The van der Waals surface area contributed by atoms with Gasteiger partial charge in [0.1, 0.15) is 17.1 Å². The molecular weight excluding hydrogens is 571 g/mol. The van der Waals surface area contributed by atoms with Crippen molar-refractivity contribution in [3.8, 4) is 5.75 Å². The van der Waals surface area contributed by atoms with Crippen LogP contribution in [0.4, 0.5) is 5.13 Å². The Labute approximate surface area is 250 Å². The average Bonchev–Trinajstić information content (AvgIpc) is 3.68. The van der Waals surface area contributed by atoms with Crippen molar-refractivity contribution in [2.75, 3.05) is 12.0 Å². The predicted molar refractivity (Wildman–Crippen MR) is 163 cm³/mol. The number of hydrogen-bond donors (Lipinski definition) is 1. The molecule has 1 aliphatic rings. The number of benzene rings is 2. The number of fused-ring (bicyclic) bond motifs is 1. The highest BCUT2D eigenvalue weighted by Gasteiger charge is 2.48. The van der Waals surface area contributed by atoms with Crippen LogP contribution in [-0.4, -0.2) is 43.5 Å². The number of amides is 1. The number of carbonyl (C=O) groups excluding carboxylic acids is 2. The highest BCUT2D eigenvalue weighted by molar-refractivity contribution is 8.00. The van der Waals surface area contributed by atoms with Gasteiger partial charge in [0.15, 0.2) is 10.1 Å². The average molecular weight is 598 g/mol. The van der Waals surface area contributed by atoms with Crippen LogP contribution in [0.25, 0.3) is 11.4 Å². The third kappa shape index (κ3) is 4.84. The van der Waals surface area contributed by atoms with Gasteiger partial charge in [-0.1, -0.05) is 71.1 Å². The first-order valence-electron chi connectivity index (χ1n) is 13.2. The summed E-state index contributed by atoms with van der Waals surface area (Å²) in [5, 5.41) is 20.5. The third-order valence-electron chi connectivity index (χ3n) is 7.27. The van der Waals surface area contributed by atoms with Gasteiger partial charge in [0.2, 0.25) is 5.13 Å². The molecule has 42 heavy (non-hydrogen) atoms. The lowest BCUT2D eigenvalue weighted by molar-refractivity contribution is -0.132. The Bertz CT molecular complexity index is 1860. The van der Waals surface area contributed by atoms with Crippen molar-refractivity contribution in [1.82, 2.24) is 19.6 Å². The van der Waals surface area contributed by atoms with Crippen molar-refractivity contribution >= 4 is 51.3 Å². The first kappa shape index (κ1) is 27.7. The summed E-state index contributed by atoms with van der Waals surface area (Å²) >= 11 is 2.73. The number of ether oxygens (including phenoxy) is 1. The van der Waals surface area contributed by atoms with Gasteiger partial charge in [-0.3, -0.25) is 14.5 Å². The molecule has 0 aliphatic carbocycles. The number of thioether (sulfide) groups is 1. The molecule has 3 aromatic heterocycles. The molecule has 1 N–H and O–H groups in total. The lowest BCUT2D eigenvalue weighted by Crippen LogP contribution is -2.29. The van der Waals surface area contributed by atoms with E-state index in [1.54, 1.807) is 31.4 Å². The molecule has 9 nitrogen and oxygen atoms in total. The molecule has 1 aliphatic heterocycles. The number of aromatic nitrogens is 4. The summed E-state index contributed by atoms with van der Waals surface area (Å²) in [4.78, 5) is 33.2. The molecule has 1 saturated heterocycles. The van der Waals surface area contributed by atoms with E-state index in [-0.39, 0.29) is 22.2 Å². The van der Waals surface area contributed by atoms with E-state index < -0.39 is 17.7 Å². The zero-order valence-corrected chi connectivity index (χ0v) is 25.0. The largest absolute Gasteiger partial charge is 0.505 e. The van der Waals surface area contributed by atoms with E-state index in [0.717, 1.165) is 11.1 Å². The molecular formula is C31H27N5O4S2. The second-order valence-electron chi connectivity index (χ2n) is 10.00. The molecule has 1 amide bonds. The quantitative estimate of drug-likeness (QED) is 0.0795. The molecule has 1 unspecified atom stereocenters. The number of Topliss-reactive ketones (excluding diaryl/α,β-unsaturated/α-hetero) is 1. The van der Waals surface area contributed by atoms with Crippen molar-refractivity contribution in [3.63, 3.8) is 0 Å². The minimum atomic E-state index is -0.941. The maximum Gasteiger partial charge on any atom is 0.301 e. The number of aliphatic hydroxyl groups excluding tert-OH is 1. The molecule has 0 radical (unpaired) electrons. The van der Waals surface area contributed by atoms with Crippen molar-refractivity contribution in [2.45, 2.75) is 36.9 Å². The number of rotatable bonds is 7. The molecule has 0 spiro atoms. The zero-order chi connectivity index (χ0) is 29.5. The van der Waals surface area contributed by atoms with Gasteiger partial charge in [-0.25, -0.2) is 4.98 Å². The first-order valence-corrected chi connectivity index (χ1v) is 15.0. The van der Waals surface area contributed by atoms with Crippen LogP contribution in [0, 0.1) is 20.8 Å². The summed E-state index contributed by atoms with van der Waals surface area (Å²) in [5.74, 6) is -0.641. The number of nitrogens with zero attached hydrogens (tertiary/aromatic N) is 5. The van der Waals surface area contributed by atoms with E-state index in [0.29, 0.717) is 32.7 Å². The number of imidazole rings is 1. The molecule has 0 saturated carbocycles. The summed E-state index contributed by atoms with van der Waals surface area (Å²) in [6.45, 7) is 5.78. The minimum absolute atomic E-state index is 0.0571. The fraction of sp³-hybridized carbons (Fsp3) is 0.194. The Morgan fingerprint density at radius 2 is 1.76 bits per heavy atom. The number of hydrogen-bond acceptors (Lipinski definition) is 9. The Balaban J connectivity index is 1.43. The maximum atomic E-state index is 13.6. The van der Waals surface area contributed by atoms with Crippen LogP contribution in [-0.2, 0) is 15.3 Å². The van der Waals surface area contributed by atoms with Crippen molar-refractivity contribution in [3.05, 3.63) is 106 Å². The van der Waals surface area contributed by atoms with E-state index in [9.17, 15) is 14.7 Å². The van der Waals surface area contributed by atoms with Gasteiger partial charge in [0.25, 0.3) is 5.78 Å². The predicted octanol–water partition coefficient (Wildman–Crippen LogP) is 6.04. The summed E-state index contributed by atoms with van der Waals surface area (Å²) < 4.78 is 7.83. The SMILES string of the molecule is COc1ccc(C2C(=C(O)c3nc4c(C)cccn4c3C)C(=O)C(=O)N2c2nnc(SCc3ccc(C)cc3)s2)cc1. The molecule has 0 bridgehead atoms. The van der Waals surface area contributed by atoms with Crippen LogP contribution in [0.1, 0.15) is 39.7 Å². The summed E-state index contributed by atoms with van der Waals surface area (Å²) in [6, 6.07) is 18.1. The van der Waals surface area contributed by atoms with Crippen LogP contribution >= 0.6 is 23.1 Å². The topological polar surface area (TPSA) is 110 Å². The second kappa shape index (κ2) is 11.1. The van der Waals surface area contributed by atoms with Crippen molar-refractivity contribution < 1.29 is 19.4 Å². The van der Waals surface area contributed by atoms with Gasteiger partial charge in [-0.05, 0) is 55.7 Å². The number of ketones is 1. The van der Waals surface area contributed by atoms with Crippen LogP contribution < -0.4 is 9.64 Å². The molecule has 212 valence electrons. The molecule has 1 fully saturated rings. The van der Waals surface area contributed by atoms with Crippen molar-refractivity contribution in [1.29, 1.82) is 0 Å². The van der Waals surface area contributed by atoms with E-state index in [1.807, 2.05) is 43.5 Å². The Kier molecular flexibility index (Phi) is 7.29. The molecule has 1 atom stereocenters. The number of aliphatic hydroxyl groups is 1. The Hall–Kier alpha value is -4.48. The molecule has 5 aromatic rings. The van der Waals surface area contributed by atoms with E-state index in [4.69, 9.17) is 4.74 Å². The van der Waals surface area contributed by atoms with Crippen molar-refractivity contribution in [2.24, 2.45) is 0 Å². The van der Waals surface area contributed by atoms with Crippen LogP contribution in [0.2, 0.25) is 0 Å². The summed E-state index contributed by atoms with van der Waals surface area (Å²) in [5.41, 5.74) is 5.34. The van der Waals surface area contributed by atoms with Gasteiger partial charge >= 0.3 is 5.91 Å². The fourth-order valence-electron chi connectivity index (χ4n) is 4.99. The van der Waals surface area contributed by atoms with Gasteiger partial charge in [-0.15, -0.1) is 10.2 Å². The second-order valence-corrected chi connectivity index (χ2v) is 12.2. The molecule has 11 heteroatoms. The van der Waals surface area contributed by atoms with Crippen LogP contribution in [0.3, 0.4) is 0 Å².